The molecule has 2 aromatic heterocycles. The molecular formula is C19H25N5O3S. The third kappa shape index (κ3) is 2.71. The van der Waals surface area contributed by atoms with Crippen LogP contribution in [-0.2, 0) is 10.0 Å². The van der Waals surface area contributed by atoms with E-state index >= 15 is 0 Å². The predicted octanol–water partition coefficient (Wildman–Crippen LogP) is 1.06. The van der Waals surface area contributed by atoms with Crippen LogP contribution in [0.25, 0.3) is 11.0 Å². The third-order valence-corrected chi connectivity index (χ3v) is 8.50. The quantitative estimate of drug-likeness (QED) is 0.776. The summed E-state index contributed by atoms with van der Waals surface area (Å²) in [6, 6.07) is 3.06. The van der Waals surface area contributed by atoms with Gasteiger partial charge in [0.1, 0.15) is 17.5 Å². The maximum absolute atomic E-state index is 12.6. The zero-order chi connectivity index (χ0) is 18.9. The second-order valence-electron chi connectivity index (χ2n) is 8.54. The molecule has 150 valence electrons. The van der Waals surface area contributed by atoms with Crippen LogP contribution in [0, 0.1) is 0 Å². The Kier molecular flexibility index (Phi) is 3.70. The highest BCUT2D eigenvalue weighted by Crippen LogP contribution is 2.42. The van der Waals surface area contributed by atoms with E-state index in [1.165, 1.54) is 12.8 Å². The van der Waals surface area contributed by atoms with E-state index in [0.717, 1.165) is 41.9 Å². The molecule has 8 nitrogen and oxygen atoms in total. The van der Waals surface area contributed by atoms with Gasteiger partial charge in [0.05, 0.1) is 18.4 Å². The molecule has 0 spiro atoms. The van der Waals surface area contributed by atoms with Crippen molar-refractivity contribution in [2.75, 3.05) is 31.1 Å². The van der Waals surface area contributed by atoms with E-state index in [-0.39, 0.29) is 11.3 Å². The van der Waals surface area contributed by atoms with Gasteiger partial charge in [-0.25, -0.2) is 18.1 Å². The van der Waals surface area contributed by atoms with Gasteiger partial charge in [0.2, 0.25) is 10.0 Å². The van der Waals surface area contributed by atoms with E-state index in [1.807, 2.05) is 12.3 Å². The number of nitrogens with one attached hydrogen (secondary N) is 2. The molecule has 0 bridgehead atoms. The van der Waals surface area contributed by atoms with Crippen molar-refractivity contribution in [1.82, 2.24) is 19.6 Å². The fourth-order valence-electron chi connectivity index (χ4n) is 4.78. The van der Waals surface area contributed by atoms with E-state index in [4.69, 9.17) is 4.74 Å². The van der Waals surface area contributed by atoms with Crippen molar-refractivity contribution in [2.45, 2.75) is 49.1 Å². The van der Waals surface area contributed by atoms with Gasteiger partial charge >= 0.3 is 0 Å². The summed E-state index contributed by atoms with van der Waals surface area (Å²) < 4.78 is 34.1. The molecule has 6 rings (SSSR count). The Labute approximate surface area is 164 Å². The van der Waals surface area contributed by atoms with Crippen molar-refractivity contribution in [2.24, 2.45) is 0 Å². The standard InChI is InChI=1S/C19H25N5O3S/c25-28(26,15-10-23(11-15)13-1-2-13)22-12-7-14(8-12)24-5-6-27-17-9-21-19-16(18(17)24)3-4-20-19/h3-4,9,12-15,22H,1-2,5-8,10-11H2,(H,20,21)/t12-,14+. The van der Waals surface area contributed by atoms with Gasteiger partial charge in [0.15, 0.2) is 5.75 Å². The third-order valence-electron chi connectivity index (χ3n) is 6.66. The molecule has 0 amide bonds. The van der Waals surface area contributed by atoms with E-state index < -0.39 is 10.0 Å². The molecule has 2 aliphatic heterocycles. The minimum absolute atomic E-state index is 0.0415. The van der Waals surface area contributed by atoms with Crippen LogP contribution in [0.2, 0.25) is 0 Å². The summed E-state index contributed by atoms with van der Waals surface area (Å²) in [7, 11) is -3.21. The molecule has 3 fully saturated rings. The highest BCUT2D eigenvalue weighted by Gasteiger charge is 2.46. The van der Waals surface area contributed by atoms with Gasteiger partial charge in [-0.05, 0) is 31.7 Å². The number of ether oxygens (including phenoxy) is 1. The molecule has 0 radical (unpaired) electrons. The molecule has 4 aliphatic rings. The first kappa shape index (κ1) is 17.1. The SMILES string of the molecule is O=S(=O)(N[C@H]1C[C@@H](N2CCOc3cnc4[nH]ccc4c32)C1)C1CN(C2CC2)C1. The maximum Gasteiger partial charge on any atom is 0.217 e. The molecule has 4 heterocycles. The fourth-order valence-corrected chi connectivity index (χ4v) is 6.40. The van der Waals surface area contributed by atoms with Gasteiger partial charge < -0.3 is 14.6 Å². The smallest absolute Gasteiger partial charge is 0.217 e. The average Bonchev–Trinajstić information content (AvgIpc) is 3.30. The highest BCUT2D eigenvalue weighted by molar-refractivity contribution is 7.90. The lowest BCUT2D eigenvalue weighted by Crippen LogP contribution is -2.62. The number of sulfonamides is 1. The predicted molar refractivity (Wildman–Crippen MR) is 106 cm³/mol. The Morgan fingerprint density at radius 2 is 2.04 bits per heavy atom. The molecule has 28 heavy (non-hydrogen) atoms. The first-order valence-electron chi connectivity index (χ1n) is 10.2. The molecule has 0 unspecified atom stereocenters. The molecule has 0 atom stereocenters. The Bertz CT molecular complexity index is 1010. The van der Waals surface area contributed by atoms with Crippen LogP contribution >= 0.6 is 0 Å². The molecule has 2 aliphatic carbocycles. The summed E-state index contributed by atoms with van der Waals surface area (Å²) in [5.74, 6) is 0.817. The topological polar surface area (TPSA) is 90.6 Å². The summed E-state index contributed by atoms with van der Waals surface area (Å²) >= 11 is 0. The van der Waals surface area contributed by atoms with Crippen LogP contribution in [0.4, 0.5) is 5.69 Å². The van der Waals surface area contributed by atoms with Gasteiger partial charge in [-0.3, -0.25) is 4.90 Å². The highest BCUT2D eigenvalue weighted by atomic mass is 32.2. The first-order valence-corrected chi connectivity index (χ1v) is 11.7. The van der Waals surface area contributed by atoms with Crippen LogP contribution in [-0.4, -0.2) is 72.9 Å². The number of hydrogen-bond donors (Lipinski definition) is 2. The number of aromatic amines is 1. The Morgan fingerprint density at radius 3 is 2.82 bits per heavy atom. The number of rotatable bonds is 5. The number of H-pyrrole nitrogens is 1. The molecule has 2 aromatic rings. The number of pyridine rings is 1. The summed E-state index contributed by atoms with van der Waals surface area (Å²) in [6.07, 6.45) is 7.82. The summed E-state index contributed by atoms with van der Waals surface area (Å²) in [4.78, 5) is 12.2. The zero-order valence-corrected chi connectivity index (χ0v) is 16.5. The Hall–Kier alpha value is -1.84. The average molecular weight is 404 g/mol. The van der Waals surface area contributed by atoms with Crippen molar-refractivity contribution in [3.63, 3.8) is 0 Å². The fraction of sp³-hybridized carbons (Fsp3) is 0.632. The zero-order valence-electron chi connectivity index (χ0n) is 15.7. The largest absolute Gasteiger partial charge is 0.488 e. The van der Waals surface area contributed by atoms with Crippen molar-refractivity contribution in [3.8, 4) is 5.75 Å². The second-order valence-corrected chi connectivity index (χ2v) is 10.5. The van der Waals surface area contributed by atoms with Crippen molar-refractivity contribution in [3.05, 3.63) is 18.5 Å². The van der Waals surface area contributed by atoms with Crippen LogP contribution in [0.3, 0.4) is 0 Å². The van der Waals surface area contributed by atoms with Gasteiger partial charge in [-0.15, -0.1) is 0 Å². The summed E-state index contributed by atoms with van der Waals surface area (Å²) in [6.45, 7) is 2.86. The van der Waals surface area contributed by atoms with Crippen LogP contribution < -0.4 is 14.4 Å². The van der Waals surface area contributed by atoms with Crippen molar-refractivity contribution < 1.29 is 13.2 Å². The number of fused-ring (bicyclic) bond motifs is 3. The number of likely N-dealkylation sites (tertiary alicyclic amines) is 1. The summed E-state index contributed by atoms with van der Waals surface area (Å²) in [5, 5.41) is 0.831. The lowest BCUT2D eigenvalue weighted by Gasteiger charge is -2.47. The van der Waals surface area contributed by atoms with E-state index in [9.17, 15) is 8.42 Å². The Balaban J connectivity index is 1.12. The number of nitrogens with zero attached hydrogens (tertiary/aromatic N) is 3. The van der Waals surface area contributed by atoms with Crippen molar-refractivity contribution in [1.29, 1.82) is 0 Å². The normalized spacial score (nSPS) is 28.5. The molecule has 9 heteroatoms. The van der Waals surface area contributed by atoms with Gasteiger partial charge in [-0.2, -0.15) is 0 Å². The lowest BCUT2D eigenvalue weighted by molar-refractivity contribution is 0.172. The lowest BCUT2D eigenvalue weighted by atomic mass is 9.85. The van der Waals surface area contributed by atoms with E-state index in [1.54, 1.807) is 6.20 Å². The van der Waals surface area contributed by atoms with E-state index in [2.05, 4.69) is 24.5 Å². The van der Waals surface area contributed by atoms with Gasteiger partial charge in [-0.1, -0.05) is 0 Å². The van der Waals surface area contributed by atoms with Crippen LogP contribution in [0.5, 0.6) is 5.75 Å². The number of aromatic nitrogens is 2. The molecular weight excluding hydrogens is 378 g/mol. The van der Waals surface area contributed by atoms with Crippen LogP contribution in [0.1, 0.15) is 25.7 Å². The molecule has 0 aromatic carbocycles. The number of anilines is 1. The maximum atomic E-state index is 12.6. The van der Waals surface area contributed by atoms with Crippen LogP contribution in [0.15, 0.2) is 18.5 Å². The van der Waals surface area contributed by atoms with Gasteiger partial charge in [0.25, 0.3) is 0 Å². The number of hydrogen-bond acceptors (Lipinski definition) is 6. The minimum atomic E-state index is -3.21. The van der Waals surface area contributed by atoms with Gasteiger partial charge in [0, 0.05) is 42.8 Å². The Morgan fingerprint density at radius 1 is 1.21 bits per heavy atom. The van der Waals surface area contributed by atoms with Crippen molar-refractivity contribution >= 4 is 26.7 Å². The molecule has 2 saturated carbocycles. The molecule has 2 N–H and O–H groups in total. The monoisotopic (exact) mass is 403 g/mol. The molecule has 1 saturated heterocycles. The van der Waals surface area contributed by atoms with E-state index in [0.29, 0.717) is 31.8 Å². The minimum Gasteiger partial charge on any atom is -0.488 e. The summed E-state index contributed by atoms with van der Waals surface area (Å²) in [5.41, 5.74) is 1.94. The second kappa shape index (κ2) is 6.08. The first-order chi connectivity index (χ1) is 13.6.